The molecule has 2 aromatic carbocycles. The lowest BCUT2D eigenvalue weighted by Gasteiger charge is -2.38. The van der Waals surface area contributed by atoms with Crippen molar-refractivity contribution < 1.29 is 13.6 Å². The highest BCUT2D eigenvalue weighted by Gasteiger charge is 2.33. The second-order valence-electron chi connectivity index (χ2n) is 7.68. The molecule has 1 aliphatic rings. The van der Waals surface area contributed by atoms with Crippen LogP contribution in [0.3, 0.4) is 0 Å². The third kappa shape index (κ3) is 3.99. The molecular formula is C24H19F2N5O. The Labute approximate surface area is 183 Å². The van der Waals surface area contributed by atoms with Gasteiger partial charge in [0.05, 0.1) is 0 Å². The van der Waals surface area contributed by atoms with Crippen molar-refractivity contribution in [2.24, 2.45) is 0 Å². The second-order valence-corrected chi connectivity index (χ2v) is 7.68. The van der Waals surface area contributed by atoms with Gasteiger partial charge in [0, 0.05) is 42.0 Å². The average Bonchev–Trinajstić information content (AvgIpc) is 3.18. The fourth-order valence-corrected chi connectivity index (χ4v) is 3.70. The molecule has 5 rings (SSSR count). The Bertz CT molecular complexity index is 1230. The van der Waals surface area contributed by atoms with Gasteiger partial charge in [-0.3, -0.25) is 9.78 Å². The molecule has 6 nitrogen and oxygen atoms in total. The van der Waals surface area contributed by atoms with E-state index in [1.807, 2.05) is 18.2 Å². The number of rotatable bonds is 5. The number of amides is 1. The lowest BCUT2D eigenvalue weighted by atomic mass is 9.95. The second kappa shape index (κ2) is 8.30. The van der Waals surface area contributed by atoms with Crippen LogP contribution < -0.4 is 0 Å². The fourth-order valence-electron chi connectivity index (χ4n) is 3.70. The molecule has 1 fully saturated rings. The zero-order valence-corrected chi connectivity index (χ0v) is 17.0. The molecule has 0 bridgehead atoms. The summed E-state index contributed by atoms with van der Waals surface area (Å²) < 4.78 is 28.2. The van der Waals surface area contributed by atoms with Crippen molar-refractivity contribution in [1.29, 1.82) is 0 Å². The Morgan fingerprint density at radius 2 is 1.56 bits per heavy atom. The Hall–Kier alpha value is -3.94. The topological polar surface area (TPSA) is 63.9 Å². The van der Waals surface area contributed by atoms with Gasteiger partial charge in [-0.1, -0.05) is 6.07 Å². The maximum atomic E-state index is 13.4. The van der Waals surface area contributed by atoms with Gasteiger partial charge in [-0.25, -0.2) is 18.4 Å². The van der Waals surface area contributed by atoms with Gasteiger partial charge in [-0.15, -0.1) is 5.10 Å². The van der Waals surface area contributed by atoms with E-state index in [0.717, 1.165) is 5.69 Å². The highest BCUT2D eigenvalue weighted by atomic mass is 19.1. The number of aromatic nitrogens is 4. The van der Waals surface area contributed by atoms with Crippen LogP contribution in [0.25, 0.3) is 22.8 Å². The molecule has 4 aromatic rings. The van der Waals surface area contributed by atoms with E-state index >= 15 is 0 Å². The van der Waals surface area contributed by atoms with E-state index in [1.165, 1.54) is 28.9 Å². The van der Waals surface area contributed by atoms with Gasteiger partial charge >= 0.3 is 0 Å². The summed E-state index contributed by atoms with van der Waals surface area (Å²) in [4.78, 5) is 23.6. The highest BCUT2D eigenvalue weighted by Crippen LogP contribution is 2.27. The van der Waals surface area contributed by atoms with Crippen LogP contribution in [-0.2, 0) is 11.3 Å². The Kier molecular flexibility index (Phi) is 5.18. The molecule has 0 spiro atoms. The number of hydrogen-bond acceptors (Lipinski definition) is 4. The first-order valence-electron chi connectivity index (χ1n) is 10.2. The van der Waals surface area contributed by atoms with Crippen LogP contribution in [0, 0.1) is 11.6 Å². The van der Waals surface area contributed by atoms with Crippen molar-refractivity contribution in [3.63, 3.8) is 0 Å². The minimum absolute atomic E-state index is 0.00412. The zero-order chi connectivity index (χ0) is 22.1. The lowest BCUT2D eigenvalue weighted by molar-refractivity contribution is -0.136. The smallest absolute Gasteiger partial charge is 0.244 e. The molecule has 1 amide bonds. The predicted molar refractivity (Wildman–Crippen MR) is 114 cm³/mol. The van der Waals surface area contributed by atoms with Crippen molar-refractivity contribution in [3.8, 4) is 22.8 Å². The van der Waals surface area contributed by atoms with Crippen LogP contribution in [0.5, 0.6) is 0 Å². The molecule has 0 radical (unpaired) electrons. The molecule has 32 heavy (non-hydrogen) atoms. The van der Waals surface area contributed by atoms with Crippen LogP contribution in [0.1, 0.15) is 11.6 Å². The highest BCUT2D eigenvalue weighted by molar-refractivity contribution is 5.78. The van der Waals surface area contributed by atoms with E-state index in [2.05, 4.69) is 15.1 Å². The van der Waals surface area contributed by atoms with E-state index in [0.29, 0.717) is 35.9 Å². The van der Waals surface area contributed by atoms with Crippen molar-refractivity contribution in [1.82, 2.24) is 24.6 Å². The third-order valence-electron chi connectivity index (χ3n) is 5.50. The van der Waals surface area contributed by atoms with Gasteiger partial charge < -0.3 is 4.90 Å². The summed E-state index contributed by atoms with van der Waals surface area (Å²) in [5.41, 5.74) is 2.23. The average molecular weight is 431 g/mol. The summed E-state index contributed by atoms with van der Waals surface area (Å²) in [6.07, 6.45) is 1.75. The molecular weight excluding hydrogens is 412 g/mol. The van der Waals surface area contributed by atoms with Crippen molar-refractivity contribution in [3.05, 3.63) is 90.3 Å². The standard InChI is InChI=1S/C24H19F2N5O/c25-19-8-4-16(5-9-19)23-28-24(17-6-10-20(26)11-7-17)31(29-23)15-22(32)30-13-18(14-30)21-3-1-2-12-27-21/h1-12,18H,13-15H2. The number of likely N-dealkylation sites (tertiary alicyclic amines) is 1. The normalized spacial score (nSPS) is 13.8. The van der Waals surface area contributed by atoms with E-state index in [9.17, 15) is 13.6 Å². The number of hydrogen-bond donors (Lipinski definition) is 0. The molecule has 0 saturated carbocycles. The molecule has 2 aromatic heterocycles. The largest absolute Gasteiger partial charge is 0.340 e. The third-order valence-corrected chi connectivity index (χ3v) is 5.50. The summed E-state index contributed by atoms with van der Waals surface area (Å²) in [7, 11) is 0. The van der Waals surface area contributed by atoms with Gasteiger partial charge in [0.1, 0.15) is 18.2 Å². The molecule has 8 heteroatoms. The summed E-state index contributed by atoms with van der Waals surface area (Å²) >= 11 is 0. The van der Waals surface area contributed by atoms with Gasteiger partial charge in [0.15, 0.2) is 11.6 Å². The van der Waals surface area contributed by atoms with Gasteiger partial charge in [0.25, 0.3) is 0 Å². The van der Waals surface area contributed by atoms with E-state index in [-0.39, 0.29) is 30.0 Å². The molecule has 160 valence electrons. The minimum atomic E-state index is -0.365. The first-order chi connectivity index (χ1) is 15.6. The van der Waals surface area contributed by atoms with E-state index < -0.39 is 0 Å². The van der Waals surface area contributed by atoms with Crippen molar-refractivity contribution in [2.45, 2.75) is 12.5 Å². The van der Waals surface area contributed by atoms with Crippen LogP contribution in [0.15, 0.2) is 72.9 Å². The summed E-state index contributed by atoms with van der Waals surface area (Å²) in [5.74, 6) is 0.225. The minimum Gasteiger partial charge on any atom is -0.340 e. The maximum Gasteiger partial charge on any atom is 0.244 e. The van der Waals surface area contributed by atoms with Crippen molar-refractivity contribution in [2.75, 3.05) is 13.1 Å². The molecule has 0 atom stereocenters. The lowest BCUT2D eigenvalue weighted by Crippen LogP contribution is -2.50. The molecule has 0 unspecified atom stereocenters. The Morgan fingerprint density at radius 1 is 0.906 bits per heavy atom. The number of carbonyl (C=O) groups is 1. The Morgan fingerprint density at radius 3 is 2.19 bits per heavy atom. The first-order valence-corrected chi connectivity index (χ1v) is 10.2. The van der Waals surface area contributed by atoms with Gasteiger partial charge in [-0.2, -0.15) is 0 Å². The van der Waals surface area contributed by atoms with E-state index in [1.54, 1.807) is 35.4 Å². The van der Waals surface area contributed by atoms with Crippen LogP contribution in [-0.4, -0.2) is 43.6 Å². The quantitative estimate of drug-likeness (QED) is 0.481. The summed E-state index contributed by atoms with van der Waals surface area (Å²) in [6, 6.07) is 17.4. The SMILES string of the molecule is O=C(Cn1nc(-c2ccc(F)cc2)nc1-c1ccc(F)cc1)N1CC(c2ccccn2)C1. The molecule has 0 aliphatic carbocycles. The number of benzene rings is 2. The molecule has 1 aliphatic heterocycles. The number of pyridine rings is 1. The Balaban J connectivity index is 1.39. The zero-order valence-electron chi connectivity index (χ0n) is 17.0. The molecule has 1 saturated heterocycles. The summed E-state index contributed by atoms with van der Waals surface area (Å²) in [6.45, 7) is 1.19. The first kappa shape index (κ1) is 20.0. The fraction of sp³-hybridized carbons (Fsp3) is 0.167. The number of nitrogens with zero attached hydrogens (tertiary/aromatic N) is 5. The van der Waals surface area contributed by atoms with Crippen LogP contribution in [0.2, 0.25) is 0 Å². The van der Waals surface area contributed by atoms with Gasteiger partial charge in [0.2, 0.25) is 5.91 Å². The number of halogens is 2. The molecule has 0 N–H and O–H groups in total. The van der Waals surface area contributed by atoms with Gasteiger partial charge in [-0.05, 0) is 60.7 Å². The van der Waals surface area contributed by atoms with Crippen LogP contribution >= 0.6 is 0 Å². The predicted octanol–water partition coefficient (Wildman–Crippen LogP) is 3.91. The monoisotopic (exact) mass is 431 g/mol. The number of carbonyl (C=O) groups excluding carboxylic acids is 1. The van der Waals surface area contributed by atoms with E-state index in [4.69, 9.17) is 0 Å². The molecule has 3 heterocycles. The van der Waals surface area contributed by atoms with Crippen LogP contribution in [0.4, 0.5) is 8.78 Å². The summed E-state index contributed by atoms with van der Waals surface area (Å²) in [5, 5.41) is 4.50. The van der Waals surface area contributed by atoms with Crippen molar-refractivity contribution >= 4 is 5.91 Å². The maximum absolute atomic E-state index is 13.4.